The minimum Gasteiger partial charge on any atom is -0.352 e. The van der Waals surface area contributed by atoms with E-state index in [1.165, 1.54) is 0 Å². The van der Waals surface area contributed by atoms with Gasteiger partial charge >= 0.3 is 0 Å². The summed E-state index contributed by atoms with van der Waals surface area (Å²) in [6.45, 7) is 9.75. The van der Waals surface area contributed by atoms with Crippen LogP contribution in [0.2, 0.25) is 0 Å². The van der Waals surface area contributed by atoms with E-state index in [2.05, 4.69) is 23.4 Å². The minimum atomic E-state index is -0.0747. The molecule has 1 aliphatic rings. The molecule has 0 unspecified atom stereocenters. The number of nitrogens with one attached hydrogen (secondary N) is 1. The van der Waals surface area contributed by atoms with Gasteiger partial charge in [-0.25, -0.2) is 0 Å². The molecule has 1 aliphatic heterocycles. The third kappa shape index (κ3) is 3.79. The second-order valence-corrected chi connectivity index (χ2v) is 7.19. The van der Waals surface area contributed by atoms with E-state index in [-0.39, 0.29) is 17.7 Å². The molecule has 3 rings (SSSR count). The summed E-state index contributed by atoms with van der Waals surface area (Å²) >= 11 is 0. The van der Waals surface area contributed by atoms with Gasteiger partial charge in [0.25, 0.3) is 5.91 Å². The largest absolute Gasteiger partial charge is 0.352 e. The van der Waals surface area contributed by atoms with Crippen LogP contribution in [0, 0.1) is 19.8 Å². The summed E-state index contributed by atoms with van der Waals surface area (Å²) < 4.78 is 1.98. The van der Waals surface area contributed by atoms with E-state index in [0.717, 1.165) is 35.6 Å². The fourth-order valence-corrected chi connectivity index (χ4v) is 3.46. The molecule has 1 N–H and O–H groups in total. The first-order valence-corrected chi connectivity index (χ1v) is 9.05. The van der Waals surface area contributed by atoms with Crippen molar-refractivity contribution >= 4 is 17.5 Å². The van der Waals surface area contributed by atoms with Gasteiger partial charge in [-0.2, -0.15) is 5.10 Å². The van der Waals surface area contributed by atoms with Crippen LogP contribution in [0.5, 0.6) is 0 Å². The van der Waals surface area contributed by atoms with Crippen LogP contribution in [-0.2, 0) is 17.8 Å². The minimum absolute atomic E-state index is 0.0407. The third-order valence-corrected chi connectivity index (χ3v) is 4.82. The standard InChI is InChI=1S/C20H26N4O2/c1-13(12-24-15(3)9-14(2)22-24)11-21-20(26)18-5-6-19-17(10-18)7-8-23(19)16(4)25/h5-6,9-10,13H,7-8,11-12H2,1-4H3,(H,21,26)/t13-/m0/s1. The predicted molar refractivity (Wildman–Crippen MR) is 101 cm³/mol. The van der Waals surface area contributed by atoms with E-state index in [1.54, 1.807) is 17.9 Å². The molecule has 0 bridgehead atoms. The lowest BCUT2D eigenvalue weighted by molar-refractivity contribution is -0.116. The molecule has 0 spiro atoms. The number of fused-ring (bicyclic) bond motifs is 1. The average Bonchev–Trinajstić information content (AvgIpc) is 3.15. The zero-order chi connectivity index (χ0) is 18.8. The van der Waals surface area contributed by atoms with E-state index in [4.69, 9.17) is 0 Å². The van der Waals surface area contributed by atoms with Gasteiger partial charge in [-0.05, 0) is 56.0 Å². The Morgan fingerprint density at radius 1 is 1.27 bits per heavy atom. The first kappa shape index (κ1) is 18.2. The van der Waals surface area contributed by atoms with Crippen LogP contribution < -0.4 is 10.2 Å². The Kier molecular flexibility index (Phi) is 5.11. The highest BCUT2D eigenvalue weighted by molar-refractivity contribution is 5.97. The van der Waals surface area contributed by atoms with Crippen LogP contribution in [0.15, 0.2) is 24.3 Å². The number of benzene rings is 1. The molecule has 6 nitrogen and oxygen atoms in total. The molecule has 2 aromatic rings. The van der Waals surface area contributed by atoms with Gasteiger partial charge in [0, 0.05) is 43.5 Å². The summed E-state index contributed by atoms with van der Waals surface area (Å²) in [5.74, 6) is 0.243. The van der Waals surface area contributed by atoms with Gasteiger partial charge < -0.3 is 10.2 Å². The number of hydrogen-bond donors (Lipinski definition) is 1. The molecule has 1 aromatic carbocycles. The lowest BCUT2D eigenvalue weighted by Crippen LogP contribution is -2.30. The van der Waals surface area contributed by atoms with Gasteiger partial charge in [-0.3, -0.25) is 14.3 Å². The molecule has 6 heteroatoms. The number of carbonyl (C=O) groups is 2. The van der Waals surface area contributed by atoms with Gasteiger partial charge in [-0.1, -0.05) is 6.92 Å². The van der Waals surface area contributed by atoms with Crippen molar-refractivity contribution in [2.45, 2.75) is 40.7 Å². The molecular formula is C20H26N4O2. The summed E-state index contributed by atoms with van der Waals surface area (Å²) in [5, 5.41) is 7.48. The second-order valence-electron chi connectivity index (χ2n) is 7.19. The molecule has 0 saturated heterocycles. The van der Waals surface area contributed by atoms with Crippen molar-refractivity contribution in [3.05, 3.63) is 46.8 Å². The topological polar surface area (TPSA) is 67.2 Å². The van der Waals surface area contributed by atoms with Gasteiger partial charge in [0.05, 0.1) is 5.69 Å². The summed E-state index contributed by atoms with van der Waals surface area (Å²) in [5.41, 5.74) is 4.77. The fourth-order valence-electron chi connectivity index (χ4n) is 3.46. The Morgan fingerprint density at radius 2 is 2.04 bits per heavy atom. The number of amides is 2. The predicted octanol–water partition coefficient (Wildman–Crippen LogP) is 2.48. The maximum Gasteiger partial charge on any atom is 0.251 e. The van der Waals surface area contributed by atoms with Crippen LogP contribution >= 0.6 is 0 Å². The van der Waals surface area contributed by atoms with Crippen LogP contribution in [0.4, 0.5) is 5.69 Å². The first-order chi connectivity index (χ1) is 12.3. The maximum absolute atomic E-state index is 12.5. The van der Waals surface area contributed by atoms with Crippen molar-refractivity contribution in [2.75, 3.05) is 18.0 Å². The van der Waals surface area contributed by atoms with E-state index < -0.39 is 0 Å². The maximum atomic E-state index is 12.5. The summed E-state index contributed by atoms with van der Waals surface area (Å²) in [6.07, 6.45) is 0.796. The Labute approximate surface area is 154 Å². The summed E-state index contributed by atoms with van der Waals surface area (Å²) in [6, 6.07) is 7.62. The number of rotatable bonds is 5. The quantitative estimate of drug-likeness (QED) is 0.897. The SMILES string of the molecule is CC(=O)N1CCc2cc(C(=O)NC[C@H](C)Cn3nc(C)cc3C)ccc21. The number of hydrogen-bond acceptors (Lipinski definition) is 3. The van der Waals surface area contributed by atoms with Gasteiger partial charge in [0.15, 0.2) is 0 Å². The number of aromatic nitrogens is 2. The van der Waals surface area contributed by atoms with Gasteiger partial charge in [0.1, 0.15) is 0 Å². The Hall–Kier alpha value is -2.63. The molecule has 0 radical (unpaired) electrons. The normalized spacial score (nSPS) is 14.2. The Bertz CT molecular complexity index is 840. The Balaban J connectivity index is 1.58. The molecular weight excluding hydrogens is 328 g/mol. The van der Waals surface area contributed by atoms with E-state index in [9.17, 15) is 9.59 Å². The fraction of sp³-hybridized carbons (Fsp3) is 0.450. The molecule has 26 heavy (non-hydrogen) atoms. The van der Waals surface area contributed by atoms with Crippen molar-refractivity contribution in [2.24, 2.45) is 5.92 Å². The highest BCUT2D eigenvalue weighted by Gasteiger charge is 2.23. The van der Waals surface area contributed by atoms with Crippen LogP contribution in [0.3, 0.4) is 0 Å². The van der Waals surface area contributed by atoms with E-state index in [0.29, 0.717) is 18.7 Å². The zero-order valence-corrected chi connectivity index (χ0v) is 15.9. The van der Waals surface area contributed by atoms with Crippen molar-refractivity contribution in [1.82, 2.24) is 15.1 Å². The number of carbonyl (C=O) groups excluding carboxylic acids is 2. The molecule has 138 valence electrons. The smallest absolute Gasteiger partial charge is 0.251 e. The van der Waals surface area contributed by atoms with Crippen molar-refractivity contribution in [1.29, 1.82) is 0 Å². The average molecular weight is 354 g/mol. The second kappa shape index (κ2) is 7.32. The molecule has 1 atom stereocenters. The third-order valence-electron chi connectivity index (χ3n) is 4.82. The van der Waals surface area contributed by atoms with Gasteiger partial charge in [-0.15, -0.1) is 0 Å². The highest BCUT2D eigenvalue weighted by Crippen LogP contribution is 2.28. The molecule has 2 amide bonds. The van der Waals surface area contributed by atoms with Crippen LogP contribution in [0.1, 0.15) is 41.2 Å². The van der Waals surface area contributed by atoms with E-state index in [1.807, 2.05) is 30.7 Å². The Morgan fingerprint density at radius 3 is 2.69 bits per heavy atom. The molecule has 1 aromatic heterocycles. The molecule has 0 fully saturated rings. The molecule has 2 heterocycles. The first-order valence-electron chi connectivity index (χ1n) is 9.05. The number of nitrogens with zero attached hydrogens (tertiary/aromatic N) is 3. The van der Waals surface area contributed by atoms with Crippen molar-refractivity contribution in [3.8, 4) is 0 Å². The monoisotopic (exact) mass is 354 g/mol. The lowest BCUT2D eigenvalue weighted by Gasteiger charge is -2.16. The number of anilines is 1. The van der Waals surface area contributed by atoms with E-state index >= 15 is 0 Å². The zero-order valence-electron chi connectivity index (χ0n) is 15.9. The molecule has 0 saturated carbocycles. The lowest BCUT2D eigenvalue weighted by atomic mass is 10.1. The van der Waals surface area contributed by atoms with Crippen LogP contribution in [-0.4, -0.2) is 34.7 Å². The summed E-state index contributed by atoms with van der Waals surface area (Å²) in [7, 11) is 0. The molecule has 0 aliphatic carbocycles. The van der Waals surface area contributed by atoms with Crippen molar-refractivity contribution < 1.29 is 9.59 Å². The van der Waals surface area contributed by atoms with Crippen LogP contribution in [0.25, 0.3) is 0 Å². The van der Waals surface area contributed by atoms with Crippen molar-refractivity contribution in [3.63, 3.8) is 0 Å². The van der Waals surface area contributed by atoms with Gasteiger partial charge in [0.2, 0.25) is 5.91 Å². The number of aryl methyl sites for hydroxylation is 2. The highest BCUT2D eigenvalue weighted by atomic mass is 16.2. The summed E-state index contributed by atoms with van der Waals surface area (Å²) in [4.78, 5) is 25.9.